The maximum Gasteiger partial charge on any atom is 0.269 e. The molecule has 2 heterocycles. The molecule has 1 radical (unpaired) electrons. The number of amides is 1. The van der Waals surface area contributed by atoms with Gasteiger partial charge in [-0.15, -0.1) is 5.69 Å². The molecule has 33 heavy (non-hydrogen) atoms. The van der Waals surface area contributed by atoms with Crippen molar-refractivity contribution in [1.29, 1.82) is 0 Å². The molecule has 0 saturated heterocycles. The van der Waals surface area contributed by atoms with Crippen LogP contribution in [0.1, 0.15) is 16.1 Å². The number of halogens is 1. The number of rotatable bonds is 5. The average molecular weight is 655 g/mol. The van der Waals surface area contributed by atoms with E-state index in [1.807, 2.05) is 12.1 Å². The Morgan fingerprint density at radius 2 is 1.79 bits per heavy atom. The second-order valence-electron chi connectivity index (χ2n) is 7.46. The standard InChI is InChI=1S/C25H19FN3O3.Ac/c26-17-5-3-16(4-6-17)19-13-21(25(30)28-12-11-15-1-7-18(27)8-2-15)29-20-9-10-22-24(23(19)20)32-14-31-22;/h1-10,13,27H,11-12,14H2,(H,28,30);/q-1;. The first-order valence-corrected chi connectivity index (χ1v) is 10.2. The molecule has 6 nitrogen and oxygen atoms in total. The van der Waals surface area contributed by atoms with E-state index in [2.05, 4.69) is 10.3 Å². The molecule has 0 unspecified atom stereocenters. The second kappa shape index (κ2) is 10.1. The molecule has 1 aromatic heterocycles. The normalized spacial score (nSPS) is 11.8. The summed E-state index contributed by atoms with van der Waals surface area (Å²) in [6.07, 6.45) is 0.642. The number of pyridine rings is 1. The van der Waals surface area contributed by atoms with Crippen LogP contribution in [-0.2, 0) is 6.42 Å². The molecule has 0 atom stereocenters. The number of carbonyl (C=O) groups is 1. The van der Waals surface area contributed by atoms with Gasteiger partial charge in [-0.05, 0) is 53.4 Å². The van der Waals surface area contributed by atoms with E-state index in [0.717, 1.165) is 16.5 Å². The predicted octanol–water partition coefficient (Wildman–Crippen LogP) is 5.43. The zero-order valence-corrected chi connectivity index (χ0v) is 22.3. The Morgan fingerprint density at radius 3 is 2.55 bits per heavy atom. The molecule has 1 amide bonds. The van der Waals surface area contributed by atoms with Crippen LogP contribution in [-0.4, -0.2) is 24.2 Å². The average Bonchev–Trinajstić information content (AvgIpc) is 3.29. The van der Waals surface area contributed by atoms with Crippen molar-refractivity contribution >= 4 is 22.5 Å². The van der Waals surface area contributed by atoms with Crippen molar-refractivity contribution in [2.75, 3.05) is 13.3 Å². The van der Waals surface area contributed by atoms with Gasteiger partial charge >= 0.3 is 0 Å². The number of carbonyl (C=O) groups excluding carboxylic acids is 1. The van der Waals surface area contributed by atoms with Crippen molar-refractivity contribution in [2.24, 2.45) is 0 Å². The summed E-state index contributed by atoms with van der Waals surface area (Å²) in [5.74, 6) is 0.538. The van der Waals surface area contributed by atoms with Gasteiger partial charge in [0.15, 0.2) is 11.5 Å². The van der Waals surface area contributed by atoms with Gasteiger partial charge in [0.2, 0.25) is 6.79 Å². The third kappa shape index (κ3) is 4.97. The molecule has 4 aromatic rings. The molecule has 1 aliphatic rings. The Balaban J connectivity index is 0.00000259. The molecule has 163 valence electrons. The summed E-state index contributed by atoms with van der Waals surface area (Å²) < 4.78 is 24.7. The topological polar surface area (TPSA) is 84.2 Å². The molecule has 1 aliphatic heterocycles. The van der Waals surface area contributed by atoms with Crippen LogP contribution in [0, 0.1) is 49.9 Å². The van der Waals surface area contributed by atoms with Crippen LogP contribution in [0.15, 0.2) is 66.7 Å². The fraction of sp³-hybridized carbons (Fsp3) is 0.120. The van der Waals surface area contributed by atoms with Crippen molar-refractivity contribution in [2.45, 2.75) is 6.42 Å². The summed E-state index contributed by atoms with van der Waals surface area (Å²) in [7, 11) is 0. The Kier molecular flexibility index (Phi) is 7.16. The molecule has 0 aliphatic carbocycles. The Hall–Kier alpha value is -2.69. The number of ether oxygens (including phenoxy) is 2. The van der Waals surface area contributed by atoms with Crippen molar-refractivity contribution in [3.8, 4) is 22.6 Å². The van der Waals surface area contributed by atoms with Crippen LogP contribution in [0.3, 0.4) is 0 Å². The fourth-order valence-electron chi connectivity index (χ4n) is 3.74. The molecule has 0 bridgehead atoms. The number of benzene rings is 3. The first-order valence-electron chi connectivity index (χ1n) is 10.2. The summed E-state index contributed by atoms with van der Waals surface area (Å²) in [5.41, 5.74) is 11.3. The largest absolute Gasteiger partial charge is 0.699 e. The van der Waals surface area contributed by atoms with Gasteiger partial charge in [-0.1, -0.05) is 36.4 Å². The molecule has 0 spiro atoms. The molecular formula is C25H19AcFN3O3-. The SMILES string of the molecule is [Ac].[NH-]c1ccc(CCNC(=O)c2cc(-c3ccc(F)cc3)c3c4c(ccc3n2)OCO4)cc1. The predicted molar refractivity (Wildman–Crippen MR) is 120 cm³/mol. The number of hydrogen-bond donors (Lipinski definition) is 1. The minimum absolute atomic E-state index is 0. The van der Waals surface area contributed by atoms with Gasteiger partial charge in [-0.3, -0.25) is 4.79 Å². The van der Waals surface area contributed by atoms with Crippen LogP contribution < -0.4 is 14.8 Å². The Labute approximate surface area is 225 Å². The van der Waals surface area contributed by atoms with Gasteiger partial charge in [-0.25, -0.2) is 9.37 Å². The van der Waals surface area contributed by atoms with Crippen molar-refractivity contribution in [3.63, 3.8) is 0 Å². The maximum atomic E-state index is 13.5. The van der Waals surface area contributed by atoms with E-state index in [9.17, 15) is 9.18 Å². The van der Waals surface area contributed by atoms with Gasteiger partial charge in [0.1, 0.15) is 11.5 Å². The number of nitrogens with zero attached hydrogens (tertiary/aromatic N) is 1. The Morgan fingerprint density at radius 1 is 1.03 bits per heavy atom. The molecule has 2 N–H and O–H groups in total. The van der Waals surface area contributed by atoms with Gasteiger partial charge in [-0.2, -0.15) is 0 Å². The van der Waals surface area contributed by atoms with Crippen LogP contribution in [0.4, 0.5) is 10.1 Å². The van der Waals surface area contributed by atoms with Gasteiger partial charge in [0, 0.05) is 50.6 Å². The van der Waals surface area contributed by atoms with Crippen molar-refractivity contribution in [1.82, 2.24) is 10.3 Å². The number of aromatic nitrogens is 1. The van der Waals surface area contributed by atoms with E-state index in [1.54, 1.807) is 42.5 Å². The fourth-order valence-corrected chi connectivity index (χ4v) is 3.74. The second-order valence-corrected chi connectivity index (χ2v) is 7.46. The number of nitrogens with one attached hydrogen (secondary N) is 2. The van der Waals surface area contributed by atoms with Gasteiger partial charge in [0.25, 0.3) is 5.91 Å². The summed E-state index contributed by atoms with van der Waals surface area (Å²) in [4.78, 5) is 17.4. The number of hydrogen-bond acceptors (Lipinski definition) is 4. The van der Waals surface area contributed by atoms with E-state index in [4.69, 9.17) is 15.2 Å². The first-order chi connectivity index (χ1) is 15.6. The van der Waals surface area contributed by atoms with Crippen LogP contribution in [0.25, 0.3) is 27.8 Å². The monoisotopic (exact) mass is 655 g/mol. The van der Waals surface area contributed by atoms with Gasteiger partial charge in [0.05, 0.1) is 10.9 Å². The van der Waals surface area contributed by atoms with Gasteiger partial charge < -0.3 is 20.5 Å². The van der Waals surface area contributed by atoms with E-state index >= 15 is 0 Å². The van der Waals surface area contributed by atoms with Crippen LogP contribution >= 0.6 is 0 Å². The zero-order valence-electron chi connectivity index (χ0n) is 17.6. The smallest absolute Gasteiger partial charge is 0.269 e. The minimum atomic E-state index is -0.340. The zero-order chi connectivity index (χ0) is 22.1. The molecule has 3 aromatic carbocycles. The molecular weight excluding hydrogens is 636 g/mol. The Bertz CT molecular complexity index is 1310. The first kappa shape index (κ1) is 23.5. The van der Waals surface area contributed by atoms with E-state index in [-0.39, 0.29) is 68.3 Å². The summed E-state index contributed by atoms with van der Waals surface area (Å²) in [6.45, 7) is 0.545. The quantitative estimate of drug-likeness (QED) is 0.311. The molecule has 0 fully saturated rings. The third-order valence-electron chi connectivity index (χ3n) is 5.35. The van der Waals surface area contributed by atoms with E-state index in [0.29, 0.717) is 41.2 Å². The van der Waals surface area contributed by atoms with Crippen LogP contribution in [0.5, 0.6) is 11.5 Å². The molecule has 8 heteroatoms. The third-order valence-corrected chi connectivity index (χ3v) is 5.35. The molecule has 0 saturated carbocycles. The summed E-state index contributed by atoms with van der Waals surface area (Å²) in [5, 5.41) is 3.62. The van der Waals surface area contributed by atoms with Crippen molar-refractivity contribution < 1.29 is 62.7 Å². The minimum Gasteiger partial charge on any atom is -0.699 e. The van der Waals surface area contributed by atoms with E-state index in [1.165, 1.54) is 12.1 Å². The van der Waals surface area contributed by atoms with Crippen molar-refractivity contribution in [3.05, 3.63) is 89.5 Å². The van der Waals surface area contributed by atoms with E-state index < -0.39 is 0 Å². The number of fused-ring (bicyclic) bond motifs is 3. The maximum absolute atomic E-state index is 13.5. The van der Waals surface area contributed by atoms with Crippen LogP contribution in [0.2, 0.25) is 0 Å². The molecule has 5 rings (SSSR count). The summed E-state index contributed by atoms with van der Waals surface area (Å²) >= 11 is 0. The summed E-state index contributed by atoms with van der Waals surface area (Å²) in [6, 6.07) is 18.5.